The van der Waals surface area contributed by atoms with Gasteiger partial charge in [-0.05, 0) is 69.1 Å². The third-order valence-corrected chi connectivity index (χ3v) is 7.16. The number of benzene rings is 1. The van der Waals surface area contributed by atoms with Crippen LogP contribution in [-0.2, 0) is 0 Å². The Kier molecular flexibility index (Phi) is 6.59. The van der Waals surface area contributed by atoms with Crippen LogP contribution < -0.4 is 21.3 Å². The largest absolute Gasteiger partial charge is 0.371 e. The minimum atomic E-state index is -0.422. The molecule has 2 amide bonds. The molecule has 3 saturated heterocycles. The highest BCUT2D eigenvalue weighted by atomic mass is 16.2. The molecule has 4 heterocycles. The molecule has 5 rings (SSSR count). The molecule has 176 valence electrons. The standard InChI is InChI=1S/C24H34N8O/c25-23(33)32-16-11-26-17-22(32)21-7-10-27-24(29-21)28-18-3-5-19(6-4-18)31-14-8-20(9-15-31)30-12-1-2-13-30/h3-7,10,20,22,26H,1-2,8-9,11-17H2,(H2,25,33)(H,27,28,29). The summed E-state index contributed by atoms with van der Waals surface area (Å²) in [5.41, 5.74) is 8.54. The van der Waals surface area contributed by atoms with Crippen molar-refractivity contribution in [2.45, 2.75) is 37.8 Å². The minimum absolute atomic E-state index is 0.189. The van der Waals surface area contributed by atoms with Crippen molar-refractivity contribution in [3.63, 3.8) is 0 Å². The number of hydrogen-bond acceptors (Lipinski definition) is 7. The van der Waals surface area contributed by atoms with E-state index in [0.717, 1.165) is 37.1 Å². The average Bonchev–Trinajstić information content (AvgIpc) is 3.40. The summed E-state index contributed by atoms with van der Waals surface area (Å²) in [4.78, 5) is 27.7. The summed E-state index contributed by atoms with van der Waals surface area (Å²) in [6, 6.07) is 10.5. The van der Waals surface area contributed by atoms with Gasteiger partial charge in [0.25, 0.3) is 0 Å². The van der Waals surface area contributed by atoms with Crippen LogP contribution in [0.25, 0.3) is 0 Å². The topological polar surface area (TPSA) is 103 Å². The lowest BCUT2D eigenvalue weighted by Gasteiger charge is -2.37. The lowest BCUT2D eigenvalue weighted by molar-refractivity contribution is 0.165. The minimum Gasteiger partial charge on any atom is -0.371 e. The fraction of sp³-hybridized carbons (Fsp3) is 0.542. The van der Waals surface area contributed by atoms with Crippen molar-refractivity contribution in [1.29, 1.82) is 0 Å². The molecule has 4 N–H and O–H groups in total. The number of amides is 2. The van der Waals surface area contributed by atoms with Crippen molar-refractivity contribution in [2.75, 3.05) is 56.0 Å². The maximum absolute atomic E-state index is 11.8. The molecule has 1 unspecified atom stereocenters. The highest BCUT2D eigenvalue weighted by molar-refractivity contribution is 5.72. The van der Waals surface area contributed by atoms with Crippen LogP contribution in [-0.4, -0.2) is 77.7 Å². The van der Waals surface area contributed by atoms with Gasteiger partial charge in [0.1, 0.15) is 0 Å². The molecule has 3 aliphatic rings. The Labute approximate surface area is 195 Å². The Morgan fingerprint density at radius 2 is 1.79 bits per heavy atom. The predicted octanol–water partition coefficient (Wildman–Crippen LogP) is 2.31. The van der Waals surface area contributed by atoms with Gasteiger partial charge in [-0.15, -0.1) is 0 Å². The van der Waals surface area contributed by atoms with Gasteiger partial charge in [0.2, 0.25) is 5.95 Å². The van der Waals surface area contributed by atoms with Gasteiger partial charge in [-0.1, -0.05) is 0 Å². The summed E-state index contributed by atoms with van der Waals surface area (Å²) < 4.78 is 0. The summed E-state index contributed by atoms with van der Waals surface area (Å²) in [5, 5.41) is 6.60. The van der Waals surface area contributed by atoms with Crippen molar-refractivity contribution in [2.24, 2.45) is 5.73 Å². The Bertz CT molecular complexity index is 938. The highest BCUT2D eigenvalue weighted by Crippen LogP contribution is 2.27. The molecule has 2 aromatic rings. The van der Waals surface area contributed by atoms with E-state index in [0.29, 0.717) is 19.0 Å². The van der Waals surface area contributed by atoms with E-state index < -0.39 is 6.03 Å². The van der Waals surface area contributed by atoms with E-state index >= 15 is 0 Å². The van der Waals surface area contributed by atoms with E-state index in [9.17, 15) is 4.79 Å². The Morgan fingerprint density at radius 3 is 2.52 bits per heavy atom. The van der Waals surface area contributed by atoms with Gasteiger partial charge in [0.15, 0.2) is 0 Å². The molecule has 0 bridgehead atoms. The maximum Gasteiger partial charge on any atom is 0.315 e. The number of carbonyl (C=O) groups excluding carboxylic acids is 1. The van der Waals surface area contributed by atoms with E-state index in [1.54, 1.807) is 11.1 Å². The summed E-state index contributed by atoms with van der Waals surface area (Å²) in [6.45, 7) is 6.73. The van der Waals surface area contributed by atoms with Crippen LogP contribution in [0.4, 0.5) is 22.1 Å². The summed E-state index contributed by atoms with van der Waals surface area (Å²) in [5.74, 6) is 0.515. The zero-order chi connectivity index (χ0) is 22.6. The second-order valence-electron chi connectivity index (χ2n) is 9.19. The molecule has 33 heavy (non-hydrogen) atoms. The number of nitrogens with zero attached hydrogens (tertiary/aromatic N) is 5. The van der Waals surface area contributed by atoms with E-state index in [1.165, 1.54) is 44.5 Å². The molecule has 3 fully saturated rings. The van der Waals surface area contributed by atoms with Gasteiger partial charge in [-0.2, -0.15) is 0 Å². The van der Waals surface area contributed by atoms with E-state index in [-0.39, 0.29) is 6.04 Å². The van der Waals surface area contributed by atoms with Crippen molar-refractivity contribution in [3.05, 3.63) is 42.2 Å². The second kappa shape index (κ2) is 9.93. The number of piperidine rings is 1. The maximum atomic E-state index is 11.8. The molecule has 0 saturated carbocycles. The summed E-state index contributed by atoms with van der Waals surface area (Å²) >= 11 is 0. The molecule has 0 spiro atoms. The molecule has 1 aromatic carbocycles. The van der Waals surface area contributed by atoms with Crippen molar-refractivity contribution < 1.29 is 4.79 Å². The number of aromatic nitrogens is 2. The third kappa shape index (κ3) is 5.04. The number of urea groups is 1. The number of likely N-dealkylation sites (tertiary alicyclic amines) is 1. The fourth-order valence-electron chi connectivity index (χ4n) is 5.33. The van der Waals surface area contributed by atoms with Gasteiger partial charge < -0.3 is 31.1 Å². The first kappa shape index (κ1) is 21.9. The number of nitrogens with two attached hydrogens (primary N) is 1. The van der Waals surface area contributed by atoms with Gasteiger partial charge >= 0.3 is 6.03 Å². The van der Waals surface area contributed by atoms with Crippen LogP contribution in [0, 0.1) is 0 Å². The van der Waals surface area contributed by atoms with Crippen LogP contribution in [0.5, 0.6) is 0 Å². The predicted molar refractivity (Wildman–Crippen MR) is 130 cm³/mol. The molecular formula is C24H34N8O. The van der Waals surface area contributed by atoms with Crippen molar-refractivity contribution in [1.82, 2.24) is 25.1 Å². The second-order valence-corrected chi connectivity index (χ2v) is 9.19. The molecule has 1 aromatic heterocycles. The van der Waals surface area contributed by atoms with Crippen molar-refractivity contribution in [3.8, 4) is 0 Å². The summed E-state index contributed by atoms with van der Waals surface area (Å²) in [7, 11) is 0. The van der Waals surface area contributed by atoms with Gasteiger partial charge in [0, 0.05) is 56.3 Å². The van der Waals surface area contributed by atoms with Crippen LogP contribution >= 0.6 is 0 Å². The molecule has 3 aliphatic heterocycles. The monoisotopic (exact) mass is 450 g/mol. The number of anilines is 3. The number of rotatable bonds is 5. The summed E-state index contributed by atoms with van der Waals surface area (Å²) in [6.07, 6.45) is 6.94. The van der Waals surface area contributed by atoms with Crippen LogP contribution in [0.2, 0.25) is 0 Å². The number of carbonyl (C=O) groups is 1. The Morgan fingerprint density at radius 1 is 1.03 bits per heavy atom. The molecule has 1 atom stereocenters. The zero-order valence-corrected chi connectivity index (χ0v) is 19.1. The molecule has 9 nitrogen and oxygen atoms in total. The van der Waals surface area contributed by atoms with Gasteiger partial charge in [-0.25, -0.2) is 14.8 Å². The number of hydrogen-bond donors (Lipinski definition) is 3. The molecule has 9 heteroatoms. The van der Waals surface area contributed by atoms with Crippen LogP contribution in [0.1, 0.15) is 37.4 Å². The third-order valence-electron chi connectivity index (χ3n) is 7.16. The van der Waals surface area contributed by atoms with Crippen molar-refractivity contribution >= 4 is 23.4 Å². The molecule has 0 radical (unpaired) electrons. The molecule has 0 aliphatic carbocycles. The zero-order valence-electron chi connectivity index (χ0n) is 19.1. The smallest absolute Gasteiger partial charge is 0.315 e. The quantitative estimate of drug-likeness (QED) is 0.642. The average molecular weight is 451 g/mol. The number of nitrogens with one attached hydrogen (secondary N) is 2. The Hall–Kier alpha value is -2.91. The highest BCUT2D eigenvalue weighted by Gasteiger charge is 2.28. The lowest BCUT2D eigenvalue weighted by atomic mass is 10.0. The van der Waals surface area contributed by atoms with Crippen LogP contribution in [0.3, 0.4) is 0 Å². The van der Waals surface area contributed by atoms with E-state index in [4.69, 9.17) is 5.73 Å². The Balaban J connectivity index is 1.20. The van der Waals surface area contributed by atoms with E-state index in [1.807, 2.05) is 6.07 Å². The SMILES string of the molecule is NC(=O)N1CCNCC1c1ccnc(Nc2ccc(N3CCC(N4CCCC4)CC3)cc2)n1. The normalized spacial score (nSPS) is 22.5. The van der Waals surface area contributed by atoms with Gasteiger partial charge in [-0.3, -0.25) is 0 Å². The lowest BCUT2D eigenvalue weighted by Crippen LogP contribution is -2.50. The number of primary amides is 1. The first-order valence-corrected chi connectivity index (χ1v) is 12.1. The van der Waals surface area contributed by atoms with E-state index in [2.05, 4.69) is 54.7 Å². The fourth-order valence-corrected chi connectivity index (χ4v) is 5.33. The number of piperazine rings is 1. The van der Waals surface area contributed by atoms with Crippen LogP contribution in [0.15, 0.2) is 36.5 Å². The first-order chi connectivity index (χ1) is 16.2. The molecular weight excluding hydrogens is 416 g/mol. The first-order valence-electron chi connectivity index (χ1n) is 12.1. The van der Waals surface area contributed by atoms with Gasteiger partial charge in [0.05, 0.1) is 11.7 Å².